The molecule has 0 atom stereocenters. The summed E-state index contributed by atoms with van der Waals surface area (Å²) in [6.07, 6.45) is 3.13. The van der Waals surface area contributed by atoms with Gasteiger partial charge in [0, 0.05) is 24.0 Å². The summed E-state index contributed by atoms with van der Waals surface area (Å²) in [4.78, 5) is 18.7. The second-order valence-electron chi connectivity index (χ2n) is 4.88. The van der Waals surface area contributed by atoms with Gasteiger partial charge in [0.2, 0.25) is 5.78 Å². The molecule has 0 amide bonds. The molecule has 0 aliphatic heterocycles. The largest absolute Gasteiger partial charge is 0.308 e. The molecule has 0 saturated heterocycles. The summed E-state index contributed by atoms with van der Waals surface area (Å²) in [5.74, 6) is -0.128. The number of ketones is 1. The van der Waals surface area contributed by atoms with Crippen LogP contribution in [-0.4, -0.2) is 46.1 Å². The molecule has 6 heteroatoms. The molecular formula is C14H17ClN4O. The Morgan fingerprint density at radius 2 is 2.20 bits per heavy atom. The van der Waals surface area contributed by atoms with E-state index < -0.39 is 0 Å². The highest BCUT2D eigenvalue weighted by Gasteiger charge is 2.19. The number of carbonyl (C=O) groups is 1. The monoisotopic (exact) mass is 292 g/mol. The smallest absolute Gasteiger partial charge is 0.212 e. The highest BCUT2D eigenvalue weighted by Crippen LogP contribution is 2.19. The van der Waals surface area contributed by atoms with Crippen LogP contribution in [0.25, 0.3) is 0 Å². The number of aromatic nitrogens is 3. The number of carbonyl (C=O) groups excluding carboxylic acids is 1. The fourth-order valence-corrected chi connectivity index (χ4v) is 2.10. The number of likely N-dealkylation sites (N-methyl/N-ethyl adjacent to an activating group) is 1. The first-order valence-corrected chi connectivity index (χ1v) is 6.70. The minimum absolute atomic E-state index is 0.128. The summed E-state index contributed by atoms with van der Waals surface area (Å²) in [5, 5.41) is 4.56. The Kier molecular flexibility index (Phi) is 4.52. The van der Waals surface area contributed by atoms with Crippen molar-refractivity contribution < 1.29 is 4.79 Å². The molecule has 0 aliphatic rings. The van der Waals surface area contributed by atoms with Gasteiger partial charge in [0.1, 0.15) is 5.69 Å². The summed E-state index contributed by atoms with van der Waals surface area (Å²) >= 11 is 6.11. The van der Waals surface area contributed by atoms with E-state index in [1.54, 1.807) is 23.0 Å². The Hall–Kier alpha value is -1.72. The third kappa shape index (κ3) is 3.23. The lowest BCUT2D eigenvalue weighted by Crippen LogP contribution is -2.21. The van der Waals surface area contributed by atoms with Crippen molar-refractivity contribution in [2.45, 2.75) is 13.5 Å². The van der Waals surface area contributed by atoms with Crippen molar-refractivity contribution in [1.29, 1.82) is 0 Å². The predicted octanol–water partition coefficient (Wildman–Crippen LogP) is 2.03. The molecule has 0 spiro atoms. The van der Waals surface area contributed by atoms with E-state index in [1.165, 1.54) is 6.20 Å². The topological polar surface area (TPSA) is 51.0 Å². The van der Waals surface area contributed by atoms with Gasteiger partial charge in [-0.1, -0.05) is 11.6 Å². The zero-order valence-corrected chi connectivity index (χ0v) is 12.6. The van der Waals surface area contributed by atoms with Crippen molar-refractivity contribution in [3.63, 3.8) is 0 Å². The van der Waals surface area contributed by atoms with E-state index in [2.05, 4.69) is 10.1 Å². The lowest BCUT2D eigenvalue weighted by Gasteiger charge is -2.11. The Morgan fingerprint density at radius 1 is 1.45 bits per heavy atom. The third-order valence-corrected chi connectivity index (χ3v) is 3.20. The van der Waals surface area contributed by atoms with Gasteiger partial charge in [-0.25, -0.2) is 0 Å². The maximum Gasteiger partial charge on any atom is 0.212 e. The van der Waals surface area contributed by atoms with Gasteiger partial charge in [-0.3, -0.25) is 14.5 Å². The van der Waals surface area contributed by atoms with Crippen molar-refractivity contribution >= 4 is 17.4 Å². The Morgan fingerprint density at radius 3 is 2.85 bits per heavy atom. The summed E-state index contributed by atoms with van der Waals surface area (Å²) in [7, 11) is 3.94. The minimum atomic E-state index is -0.128. The first kappa shape index (κ1) is 14.7. The predicted molar refractivity (Wildman–Crippen MR) is 78.2 cm³/mol. The molecule has 0 bridgehead atoms. The normalized spacial score (nSPS) is 11.1. The van der Waals surface area contributed by atoms with Gasteiger partial charge in [-0.15, -0.1) is 0 Å². The average molecular weight is 293 g/mol. The standard InChI is InChI=1S/C14H17ClN4O/c1-10-8-11(4-5-16-10)14(20)13-12(15)9-17-19(13)7-6-18(2)3/h4-5,8-9H,6-7H2,1-3H3. The first-order valence-electron chi connectivity index (χ1n) is 6.32. The van der Waals surface area contributed by atoms with Crippen LogP contribution in [-0.2, 0) is 6.54 Å². The molecule has 0 radical (unpaired) electrons. The highest BCUT2D eigenvalue weighted by atomic mass is 35.5. The van der Waals surface area contributed by atoms with Gasteiger partial charge in [0.25, 0.3) is 0 Å². The molecule has 2 aromatic heterocycles. The number of rotatable bonds is 5. The van der Waals surface area contributed by atoms with Gasteiger partial charge in [-0.2, -0.15) is 5.10 Å². The zero-order valence-electron chi connectivity index (χ0n) is 11.8. The van der Waals surface area contributed by atoms with E-state index in [-0.39, 0.29) is 5.78 Å². The molecular weight excluding hydrogens is 276 g/mol. The zero-order chi connectivity index (χ0) is 14.7. The fourth-order valence-electron chi connectivity index (χ4n) is 1.88. The van der Waals surface area contributed by atoms with E-state index in [9.17, 15) is 4.79 Å². The second-order valence-corrected chi connectivity index (χ2v) is 5.29. The van der Waals surface area contributed by atoms with Gasteiger partial charge >= 0.3 is 0 Å². The molecule has 0 unspecified atom stereocenters. The highest BCUT2D eigenvalue weighted by molar-refractivity contribution is 6.34. The summed E-state index contributed by atoms with van der Waals surface area (Å²) in [6, 6.07) is 3.44. The van der Waals surface area contributed by atoms with Crippen molar-refractivity contribution in [1.82, 2.24) is 19.7 Å². The van der Waals surface area contributed by atoms with Crippen LogP contribution in [0.2, 0.25) is 5.02 Å². The molecule has 0 saturated carbocycles. The lowest BCUT2D eigenvalue weighted by molar-refractivity contribution is 0.102. The van der Waals surface area contributed by atoms with E-state index >= 15 is 0 Å². The van der Waals surface area contributed by atoms with Crippen LogP contribution in [0.1, 0.15) is 21.7 Å². The summed E-state index contributed by atoms with van der Waals surface area (Å²) < 4.78 is 1.65. The van der Waals surface area contributed by atoms with Crippen molar-refractivity contribution in [3.05, 3.63) is 46.5 Å². The quantitative estimate of drug-likeness (QED) is 0.791. The second kappa shape index (κ2) is 6.15. The van der Waals surface area contributed by atoms with E-state index in [0.29, 0.717) is 22.8 Å². The van der Waals surface area contributed by atoms with Crippen LogP contribution in [0.4, 0.5) is 0 Å². The maximum atomic E-state index is 12.6. The Labute approximate surface area is 123 Å². The summed E-state index contributed by atoms with van der Waals surface area (Å²) in [5.41, 5.74) is 1.80. The van der Waals surface area contributed by atoms with Gasteiger partial charge < -0.3 is 4.90 Å². The fraction of sp³-hybridized carbons (Fsp3) is 0.357. The van der Waals surface area contributed by atoms with Crippen molar-refractivity contribution in [3.8, 4) is 0 Å². The van der Waals surface area contributed by atoms with Crippen LogP contribution in [0.3, 0.4) is 0 Å². The molecule has 0 fully saturated rings. The molecule has 2 heterocycles. The molecule has 20 heavy (non-hydrogen) atoms. The first-order chi connectivity index (χ1) is 9.49. The van der Waals surface area contributed by atoms with Crippen LogP contribution in [0.15, 0.2) is 24.5 Å². The number of hydrogen-bond acceptors (Lipinski definition) is 4. The molecule has 0 aromatic carbocycles. The van der Waals surface area contributed by atoms with Gasteiger partial charge in [0.15, 0.2) is 0 Å². The number of halogens is 1. The average Bonchev–Trinajstić information content (AvgIpc) is 2.76. The Bertz CT molecular complexity index is 621. The minimum Gasteiger partial charge on any atom is -0.308 e. The lowest BCUT2D eigenvalue weighted by atomic mass is 10.1. The van der Waals surface area contributed by atoms with Crippen molar-refractivity contribution in [2.75, 3.05) is 20.6 Å². The molecule has 0 aliphatic carbocycles. The number of pyridine rings is 1. The van der Waals surface area contributed by atoms with E-state index in [0.717, 1.165) is 12.2 Å². The van der Waals surface area contributed by atoms with Gasteiger partial charge in [0.05, 0.1) is 17.8 Å². The number of hydrogen-bond donors (Lipinski definition) is 0. The molecule has 0 N–H and O–H groups in total. The van der Waals surface area contributed by atoms with Crippen LogP contribution < -0.4 is 0 Å². The van der Waals surface area contributed by atoms with Crippen LogP contribution in [0.5, 0.6) is 0 Å². The number of aryl methyl sites for hydroxylation is 1. The SMILES string of the molecule is Cc1cc(C(=O)c2c(Cl)cnn2CCN(C)C)ccn1. The van der Waals surface area contributed by atoms with Crippen LogP contribution in [0, 0.1) is 6.92 Å². The van der Waals surface area contributed by atoms with Crippen molar-refractivity contribution in [2.24, 2.45) is 0 Å². The van der Waals surface area contributed by atoms with E-state index in [4.69, 9.17) is 11.6 Å². The molecule has 5 nitrogen and oxygen atoms in total. The number of nitrogens with zero attached hydrogens (tertiary/aromatic N) is 4. The molecule has 2 aromatic rings. The van der Waals surface area contributed by atoms with Crippen LogP contribution >= 0.6 is 11.6 Å². The molecule has 106 valence electrons. The third-order valence-electron chi connectivity index (χ3n) is 2.93. The maximum absolute atomic E-state index is 12.6. The molecule has 2 rings (SSSR count). The Balaban J connectivity index is 2.32. The summed E-state index contributed by atoms with van der Waals surface area (Å²) in [6.45, 7) is 3.25. The van der Waals surface area contributed by atoms with E-state index in [1.807, 2.05) is 25.9 Å². The van der Waals surface area contributed by atoms with Gasteiger partial charge in [-0.05, 0) is 33.2 Å².